The van der Waals surface area contributed by atoms with E-state index in [0.717, 1.165) is 22.2 Å². The highest BCUT2D eigenvalue weighted by Crippen LogP contribution is 2.18. The molecule has 0 unspecified atom stereocenters. The van der Waals surface area contributed by atoms with Crippen LogP contribution in [0.3, 0.4) is 0 Å². The van der Waals surface area contributed by atoms with Crippen LogP contribution in [0.5, 0.6) is 0 Å². The molecule has 0 saturated heterocycles. The fraction of sp³-hybridized carbons (Fsp3) is 0.111. The van der Waals surface area contributed by atoms with Crippen LogP contribution in [0.2, 0.25) is 0 Å². The van der Waals surface area contributed by atoms with E-state index in [1.807, 2.05) is 50.5 Å². The van der Waals surface area contributed by atoms with Crippen LogP contribution in [-0.4, -0.2) is 19.2 Å². The van der Waals surface area contributed by atoms with Crippen LogP contribution in [0.25, 0.3) is 23.1 Å². The predicted molar refractivity (Wildman–Crippen MR) is 90.4 cm³/mol. The average Bonchev–Trinajstić information content (AvgIpc) is 2.52. The lowest BCUT2D eigenvalue weighted by Crippen LogP contribution is -2.30. The summed E-state index contributed by atoms with van der Waals surface area (Å²) in [5, 5.41) is 16.5. The first-order chi connectivity index (χ1) is 10.6. The molecule has 0 atom stereocenters. The smallest absolute Gasteiger partial charge is 0.217 e. The first-order valence-corrected chi connectivity index (χ1v) is 7.08. The molecule has 0 N–H and O–H groups in total. The highest BCUT2D eigenvalue weighted by molar-refractivity contribution is 5.89. The molecule has 22 heavy (non-hydrogen) atoms. The van der Waals surface area contributed by atoms with E-state index < -0.39 is 0 Å². The maximum absolute atomic E-state index is 11.6. The maximum atomic E-state index is 11.6. The van der Waals surface area contributed by atoms with Crippen LogP contribution in [0.15, 0.2) is 54.7 Å². The van der Waals surface area contributed by atoms with Crippen molar-refractivity contribution in [3.63, 3.8) is 0 Å². The monoisotopic (exact) mass is 291 g/mol. The molecule has 0 aliphatic rings. The lowest BCUT2D eigenvalue weighted by Gasteiger charge is -2.11. The minimum atomic E-state index is 0.608. The van der Waals surface area contributed by atoms with E-state index in [2.05, 4.69) is 34.3 Å². The molecule has 0 spiro atoms. The summed E-state index contributed by atoms with van der Waals surface area (Å²) in [6.45, 7) is 0. The molecular formula is C18H17N3O. The molecule has 0 saturated carbocycles. The van der Waals surface area contributed by atoms with Crippen LogP contribution in [0.4, 0.5) is 5.69 Å². The van der Waals surface area contributed by atoms with Crippen molar-refractivity contribution < 1.29 is 4.85 Å². The van der Waals surface area contributed by atoms with Gasteiger partial charge in [-0.15, -0.1) is 0 Å². The number of hydrogen-bond acceptors (Lipinski definition) is 3. The summed E-state index contributed by atoms with van der Waals surface area (Å²) < 4.78 is 0. The third kappa shape index (κ3) is 2.91. The Morgan fingerprint density at radius 3 is 2.45 bits per heavy atom. The number of rotatable bonds is 3. The number of hydrogen-bond donors (Lipinski definition) is 0. The molecule has 3 aromatic rings. The van der Waals surface area contributed by atoms with E-state index in [4.69, 9.17) is 0 Å². The van der Waals surface area contributed by atoms with Gasteiger partial charge in [0.25, 0.3) is 0 Å². The van der Waals surface area contributed by atoms with Crippen molar-refractivity contribution in [3.05, 3.63) is 71.1 Å². The van der Waals surface area contributed by atoms with E-state index in [1.165, 1.54) is 6.20 Å². The van der Waals surface area contributed by atoms with E-state index in [-0.39, 0.29) is 0 Å². The zero-order valence-corrected chi connectivity index (χ0v) is 12.6. The minimum absolute atomic E-state index is 0.608. The molecule has 0 aliphatic heterocycles. The first kappa shape index (κ1) is 14.1. The van der Waals surface area contributed by atoms with Gasteiger partial charge in [-0.2, -0.15) is 0 Å². The van der Waals surface area contributed by atoms with Crippen molar-refractivity contribution in [3.8, 4) is 0 Å². The zero-order chi connectivity index (χ0) is 15.5. The fourth-order valence-electron chi connectivity index (χ4n) is 2.33. The summed E-state index contributed by atoms with van der Waals surface area (Å²) >= 11 is 0. The van der Waals surface area contributed by atoms with Crippen molar-refractivity contribution in [1.82, 2.24) is 5.10 Å². The Morgan fingerprint density at radius 2 is 1.73 bits per heavy atom. The fourth-order valence-corrected chi connectivity index (χ4v) is 2.33. The Balaban J connectivity index is 1.95. The molecule has 0 amide bonds. The number of aromatic nitrogens is 2. The molecule has 0 bridgehead atoms. The second-order valence-electron chi connectivity index (χ2n) is 5.32. The van der Waals surface area contributed by atoms with Crippen molar-refractivity contribution in [2.75, 3.05) is 19.0 Å². The Hall–Kier alpha value is -2.88. The van der Waals surface area contributed by atoms with Gasteiger partial charge in [0, 0.05) is 30.3 Å². The molecule has 3 rings (SSSR count). The van der Waals surface area contributed by atoms with E-state index in [9.17, 15) is 5.21 Å². The second kappa shape index (κ2) is 5.85. The Kier molecular flexibility index (Phi) is 3.74. The van der Waals surface area contributed by atoms with Gasteiger partial charge >= 0.3 is 0 Å². The molecule has 4 nitrogen and oxygen atoms in total. The third-order valence-corrected chi connectivity index (χ3v) is 3.54. The van der Waals surface area contributed by atoms with Gasteiger partial charge in [-0.1, -0.05) is 41.3 Å². The van der Waals surface area contributed by atoms with Gasteiger partial charge in [0.2, 0.25) is 6.20 Å². The molecular weight excluding hydrogens is 274 g/mol. The van der Waals surface area contributed by atoms with Crippen molar-refractivity contribution in [2.24, 2.45) is 0 Å². The predicted octanol–water partition coefficient (Wildman–Crippen LogP) is 3.10. The molecule has 1 heterocycles. The maximum Gasteiger partial charge on any atom is 0.217 e. The second-order valence-corrected chi connectivity index (χ2v) is 5.32. The van der Waals surface area contributed by atoms with E-state index in [1.54, 1.807) is 0 Å². The quantitative estimate of drug-likeness (QED) is 0.550. The molecule has 0 aliphatic carbocycles. The number of nitrogens with zero attached hydrogens (tertiary/aromatic N) is 3. The summed E-state index contributed by atoms with van der Waals surface area (Å²) in [6, 6.07) is 15.9. The molecule has 0 fully saturated rings. The first-order valence-electron chi connectivity index (χ1n) is 7.08. The number of fused-ring (bicyclic) bond motifs is 1. The van der Waals surface area contributed by atoms with Crippen LogP contribution >= 0.6 is 0 Å². The van der Waals surface area contributed by atoms with Gasteiger partial charge in [-0.05, 0) is 29.8 Å². The zero-order valence-electron chi connectivity index (χ0n) is 12.6. The van der Waals surface area contributed by atoms with E-state index >= 15 is 0 Å². The minimum Gasteiger partial charge on any atom is -0.594 e. The van der Waals surface area contributed by atoms with E-state index in [0.29, 0.717) is 10.4 Å². The molecule has 2 aromatic carbocycles. The van der Waals surface area contributed by atoms with Gasteiger partial charge in [-0.3, -0.25) is 0 Å². The highest BCUT2D eigenvalue weighted by Gasteiger charge is 2.05. The average molecular weight is 291 g/mol. The summed E-state index contributed by atoms with van der Waals surface area (Å²) in [5.41, 5.74) is 3.80. The normalized spacial score (nSPS) is 11.2. The summed E-state index contributed by atoms with van der Waals surface area (Å²) in [7, 11) is 4.03. The van der Waals surface area contributed by atoms with Crippen LogP contribution in [0.1, 0.15) is 11.1 Å². The van der Waals surface area contributed by atoms with Crippen LogP contribution in [-0.2, 0) is 0 Å². The summed E-state index contributed by atoms with van der Waals surface area (Å²) in [4.78, 5) is 2.67. The van der Waals surface area contributed by atoms with Gasteiger partial charge in [0.05, 0.1) is 5.56 Å². The summed E-state index contributed by atoms with van der Waals surface area (Å²) in [6.07, 6.45) is 5.44. The number of benzene rings is 2. The molecule has 4 heteroatoms. The Labute approximate surface area is 129 Å². The lowest BCUT2D eigenvalue weighted by atomic mass is 10.1. The number of anilines is 1. The van der Waals surface area contributed by atoms with Crippen molar-refractivity contribution in [2.45, 2.75) is 0 Å². The van der Waals surface area contributed by atoms with Crippen molar-refractivity contribution >= 4 is 28.7 Å². The van der Waals surface area contributed by atoms with Crippen LogP contribution < -0.4 is 9.75 Å². The largest absolute Gasteiger partial charge is 0.594 e. The topological polar surface area (TPSA) is 43.1 Å². The van der Waals surface area contributed by atoms with Gasteiger partial charge < -0.3 is 10.1 Å². The van der Waals surface area contributed by atoms with Crippen molar-refractivity contribution in [1.29, 1.82) is 0 Å². The van der Waals surface area contributed by atoms with Crippen LogP contribution in [0, 0.1) is 5.21 Å². The highest BCUT2D eigenvalue weighted by atomic mass is 16.5. The Bertz CT molecular complexity index is 823. The molecule has 0 radical (unpaired) electrons. The van der Waals surface area contributed by atoms with Gasteiger partial charge in [0.15, 0.2) is 0 Å². The van der Waals surface area contributed by atoms with Gasteiger partial charge in [-0.25, -0.2) is 0 Å². The molecule has 110 valence electrons. The standard InChI is InChI=1S/C18H17N3O/c1-20(2)16-11-8-14(9-12-16)7-10-15-13-21(22)19-18-6-4-3-5-17(15)18/h3-13H,1-2H3/b10-7+. The third-order valence-electron chi connectivity index (χ3n) is 3.54. The summed E-state index contributed by atoms with van der Waals surface area (Å²) in [5.74, 6) is 0. The lowest BCUT2D eigenvalue weighted by molar-refractivity contribution is -0.666. The van der Waals surface area contributed by atoms with Gasteiger partial charge in [0.1, 0.15) is 5.52 Å². The molecule has 1 aromatic heterocycles. The Morgan fingerprint density at radius 1 is 1.00 bits per heavy atom. The SMILES string of the molecule is CN(C)c1ccc(/C=C/c2c[n+]([O-])nc3ccccc23)cc1.